The summed E-state index contributed by atoms with van der Waals surface area (Å²) in [4.78, 5) is 12.5. The van der Waals surface area contributed by atoms with Crippen molar-refractivity contribution < 1.29 is 18.3 Å². The summed E-state index contributed by atoms with van der Waals surface area (Å²) in [5.74, 6) is -0.0687. The van der Waals surface area contributed by atoms with Crippen molar-refractivity contribution in [2.75, 3.05) is 12.4 Å². The number of benzene rings is 3. The largest absolute Gasteiger partial charge is 0.496 e. The fourth-order valence-corrected chi connectivity index (χ4v) is 3.80. The number of amides is 1. The van der Waals surface area contributed by atoms with Crippen LogP contribution in [0.2, 0.25) is 0 Å². The number of hydrogen-bond acceptors (Lipinski definition) is 3. The van der Waals surface area contributed by atoms with Crippen molar-refractivity contribution in [2.45, 2.75) is 6.92 Å². The number of rotatable bonds is 5. The normalized spacial score (nSPS) is 11.5. The van der Waals surface area contributed by atoms with Crippen molar-refractivity contribution in [1.82, 2.24) is 0 Å². The van der Waals surface area contributed by atoms with Crippen molar-refractivity contribution in [1.29, 1.82) is 0 Å². The SMILES string of the molecule is COc1cc2occ(-c3cccc(Br)c3)c2cc1/C(C)=C/C(=O)Nc1ccc(F)cc1. The number of anilines is 1. The van der Waals surface area contributed by atoms with E-state index in [2.05, 4.69) is 21.2 Å². The lowest BCUT2D eigenvalue weighted by molar-refractivity contribution is -0.111. The van der Waals surface area contributed by atoms with Crippen LogP contribution >= 0.6 is 15.9 Å². The summed E-state index contributed by atoms with van der Waals surface area (Å²) in [5, 5.41) is 3.65. The summed E-state index contributed by atoms with van der Waals surface area (Å²) in [5.41, 5.74) is 4.68. The number of methoxy groups -OCH3 is 1. The molecule has 0 atom stereocenters. The lowest BCUT2D eigenvalue weighted by Crippen LogP contribution is -2.08. The Hall–Kier alpha value is -3.38. The van der Waals surface area contributed by atoms with Gasteiger partial charge in [0.05, 0.1) is 13.4 Å². The van der Waals surface area contributed by atoms with Gasteiger partial charge in [0.2, 0.25) is 5.91 Å². The molecule has 6 heteroatoms. The van der Waals surface area contributed by atoms with Crippen molar-refractivity contribution in [2.24, 2.45) is 0 Å². The Balaban J connectivity index is 1.71. The fraction of sp³-hybridized carbons (Fsp3) is 0.0800. The first-order chi connectivity index (χ1) is 14.9. The van der Waals surface area contributed by atoms with Crippen molar-refractivity contribution >= 4 is 44.1 Å². The Bertz CT molecular complexity index is 1290. The highest BCUT2D eigenvalue weighted by atomic mass is 79.9. The minimum absolute atomic E-state index is 0.314. The molecule has 4 nitrogen and oxygen atoms in total. The first kappa shape index (κ1) is 20.9. The van der Waals surface area contributed by atoms with Crippen LogP contribution in [0, 0.1) is 5.82 Å². The van der Waals surface area contributed by atoms with Crippen LogP contribution in [0.15, 0.2) is 81.9 Å². The fourth-order valence-electron chi connectivity index (χ4n) is 3.40. The van der Waals surface area contributed by atoms with Gasteiger partial charge in [-0.1, -0.05) is 28.1 Å². The summed E-state index contributed by atoms with van der Waals surface area (Å²) in [6.07, 6.45) is 3.21. The number of allylic oxidation sites excluding steroid dienone is 1. The average molecular weight is 480 g/mol. The van der Waals surface area contributed by atoms with Crippen LogP contribution in [0.4, 0.5) is 10.1 Å². The molecule has 0 bridgehead atoms. The molecule has 3 aromatic carbocycles. The van der Waals surface area contributed by atoms with E-state index < -0.39 is 0 Å². The number of nitrogens with one attached hydrogen (secondary N) is 1. The van der Waals surface area contributed by atoms with Crippen LogP contribution in [-0.2, 0) is 4.79 Å². The predicted octanol–water partition coefficient (Wildman–Crippen LogP) is 7.05. The number of carbonyl (C=O) groups excluding carboxylic acids is 1. The van der Waals surface area contributed by atoms with Gasteiger partial charge in [-0.2, -0.15) is 0 Å². The van der Waals surface area contributed by atoms with E-state index in [-0.39, 0.29) is 11.7 Å². The van der Waals surface area contributed by atoms with Crippen molar-refractivity contribution in [3.05, 3.63) is 88.9 Å². The minimum Gasteiger partial charge on any atom is -0.496 e. The van der Waals surface area contributed by atoms with Crippen molar-refractivity contribution in [3.63, 3.8) is 0 Å². The van der Waals surface area contributed by atoms with Crippen LogP contribution in [-0.4, -0.2) is 13.0 Å². The summed E-state index contributed by atoms with van der Waals surface area (Å²) >= 11 is 3.51. The number of ether oxygens (including phenoxy) is 1. The molecule has 0 aliphatic carbocycles. The van der Waals surface area contributed by atoms with Crippen LogP contribution < -0.4 is 10.1 Å². The zero-order valence-corrected chi connectivity index (χ0v) is 18.5. The predicted molar refractivity (Wildman–Crippen MR) is 125 cm³/mol. The van der Waals surface area contributed by atoms with Crippen LogP contribution in [0.25, 0.3) is 27.7 Å². The Morgan fingerprint density at radius 3 is 2.61 bits per heavy atom. The van der Waals surface area contributed by atoms with Gasteiger partial charge >= 0.3 is 0 Å². The second-order valence-corrected chi connectivity index (χ2v) is 7.95. The number of carbonyl (C=O) groups is 1. The maximum absolute atomic E-state index is 13.1. The Labute approximate surface area is 187 Å². The standard InChI is InChI=1S/C25H19BrFNO3/c1-15(10-25(29)28-19-8-6-18(27)7-9-19)20-12-21-22(16-4-3-5-17(26)11-16)14-31-24(21)13-23(20)30-2/h3-14H,1-2H3,(H,28,29)/b15-10+. The Morgan fingerprint density at radius 2 is 1.90 bits per heavy atom. The summed E-state index contributed by atoms with van der Waals surface area (Å²) in [6, 6.07) is 17.4. The van der Waals surface area contributed by atoms with Gasteiger partial charge in [-0.3, -0.25) is 4.79 Å². The molecule has 0 aliphatic rings. The third-order valence-corrected chi connectivity index (χ3v) is 5.41. The van der Waals surface area contributed by atoms with Crippen LogP contribution in [0.3, 0.4) is 0 Å². The molecule has 1 aromatic heterocycles. The van der Waals surface area contributed by atoms with Gasteiger partial charge in [0.15, 0.2) is 0 Å². The molecule has 0 unspecified atom stereocenters. The number of fused-ring (bicyclic) bond motifs is 1. The highest BCUT2D eigenvalue weighted by molar-refractivity contribution is 9.10. The monoisotopic (exact) mass is 479 g/mol. The Kier molecular flexibility index (Phi) is 5.91. The third-order valence-electron chi connectivity index (χ3n) is 4.92. The molecule has 0 saturated carbocycles. The molecule has 0 spiro atoms. The van der Waals surface area contributed by atoms with Gasteiger partial charge < -0.3 is 14.5 Å². The van der Waals surface area contributed by atoms with E-state index in [0.717, 1.165) is 32.1 Å². The molecule has 156 valence electrons. The van der Waals surface area contributed by atoms with Gasteiger partial charge in [-0.15, -0.1) is 0 Å². The van der Waals surface area contributed by atoms with Crippen LogP contribution in [0.1, 0.15) is 12.5 Å². The molecule has 0 aliphatic heterocycles. The van der Waals surface area contributed by atoms with E-state index in [9.17, 15) is 9.18 Å². The zero-order chi connectivity index (χ0) is 22.0. The second-order valence-electron chi connectivity index (χ2n) is 7.03. The van der Waals surface area contributed by atoms with E-state index in [1.807, 2.05) is 43.3 Å². The molecule has 0 radical (unpaired) electrons. The first-order valence-corrected chi connectivity index (χ1v) is 10.3. The van der Waals surface area contributed by atoms with Gasteiger partial charge in [-0.05, 0) is 60.5 Å². The maximum atomic E-state index is 13.1. The Morgan fingerprint density at radius 1 is 1.13 bits per heavy atom. The molecule has 0 fully saturated rings. The number of halogens is 2. The first-order valence-electron chi connectivity index (χ1n) is 9.55. The van der Waals surface area contributed by atoms with Crippen molar-refractivity contribution in [3.8, 4) is 16.9 Å². The van der Waals surface area contributed by atoms with E-state index in [1.54, 1.807) is 13.4 Å². The molecule has 4 rings (SSSR count). The van der Waals surface area contributed by atoms with Gasteiger partial charge in [0.1, 0.15) is 17.1 Å². The molecule has 4 aromatic rings. The van der Waals surface area contributed by atoms with Gasteiger partial charge in [0.25, 0.3) is 0 Å². The third kappa shape index (κ3) is 4.54. The molecule has 31 heavy (non-hydrogen) atoms. The molecule has 1 N–H and O–H groups in total. The maximum Gasteiger partial charge on any atom is 0.248 e. The van der Waals surface area contributed by atoms with Gasteiger partial charge in [-0.25, -0.2) is 4.39 Å². The molecular formula is C25H19BrFNO3. The molecular weight excluding hydrogens is 461 g/mol. The molecule has 0 saturated heterocycles. The van der Waals surface area contributed by atoms with E-state index in [4.69, 9.17) is 9.15 Å². The van der Waals surface area contributed by atoms with E-state index in [0.29, 0.717) is 17.0 Å². The minimum atomic E-state index is -0.357. The number of furan rings is 1. The lowest BCUT2D eigenvalue weighted by Gasteiger charge is -2.10. The lowest BCUT2D eigenvalue weighted by atomic mass is 9.99. The van der Waals surface area contributed by atoms with E-state index >= 15 is 0 Å². The average Bonchev–Trinajstić information content (AvgIpc) is 3.17. The second kappa shape index (κ2) is 8.78. The molecule has 1 amide bonds. The summed E-state index contributed by atoms with van der Waals surface area (Å²) in [7, 11) is 1.58. The highest BCUT2D eigenvalue weighted by Gasteiger charge is 2.15. The van der Waals surface area contributed by atoms with Gasteiger partial charge in [0, 0.05) is 38.8 Å². The summed E-state index contributed by atoms with van der Waals surface area (Å²) < 4.78 is 25.3. The summed E-state index contributed by atoms with van der Waals surface area (Å²) in [6.45, 7) is 1.84. The highest BCUT2D eigenvalue weighted by Crippen LogP contribution is 2.37. The van der Waals surface area contributed by atoms with Crippen LogP contribution in [0.5, 0.6) is 5.75 Å². The van der Waals surface area contributed by atoms with E-state index in [1.165, 1.54) is 30.3 Å². The zero-order valence-electron chi connectivity index (χ0n) is 16.9. The smallest absolute Gasteiger partial charge is 0.248 e. The topological polar surface area (TPSA) is 51.5 Å². The number of hydrogen-bond donors (Lipinski definition) is 1. The molecule has 1 heterocycles. The quantitative estimate of drug-likeness (QED) is 0.312.